The van der Waals surface area contributed by atoms with Gasteiger partial charge in [0, 0.05) is 32.4 Å². The Labute approximate surface area is 107 Å². The van der Waals surface area contributed by atoms with Gasteiger partial charge in [0.15, 0.2) is 5.69 Å². The van der Waals surface area contributed by atoms with Crippen molar-refractivity contribution < 1.29 is 4.79 Å². The van der Waals surface area contributed by atoms with Crippen LogP contribution in [0.4, 0.5) is 5.69 Å². The number of aryl methyl sites for hydroxylation is 1. The molecule has 1 aromatic rings. The van der Waals surface area contributed by atoms with E-state index in [4.69, 9.17) is 5.73 Å². The third-order valence-corrected chi connectivity index (χ3v) is 3.58. The van der Waals surface area contributed by atoms with E-state index >= 15 is 0 Å². The van der Waals surface area contributed by atoms with E-state index in [1.807, 2.05) is 19.0 Å². The van der Waals surface area contributed by atoms with Gasteiger partial charge in [0.1, 0.15) is 0 Å². The Kier molecular flexibility index (Phi) is 3.30. The van der Waals surface area contributed by atoms with E-state index in [-0.39, 0.29) is 5.91 Å². The van der Waals surface area contributed by atoms with Crippen molar-refractivity contribution in [2.45, 2.75) is 13.0 Å². The van der Waals surface area contributed by atoms with E-state index in [1.54, 1.807) is 17.9 Å². The fourth-order valence-corrected chi connectivity index (χ4v) is 2.61. The first-order chi connectivity index (χ1) is 8.40. The summed E-state index contributed by atoms with van der Waals surface area (Å²) in [5.74, 6) is 0.401. The minimum Gasteiger partial charge on any atom is -0.396 e. The van der Waals surface area contributed by atoms with Crippen LogP contribution in [-0.4, -0.2) is 58.7 Å². The number of nitrogens with two attached hydrogens (primary N) is 1. The first-order valence-electron chi connectivity index (χ1n) is 6.15. The van der Waals surface area contributed by atoms with Gasteiger partial charge >= 0.3 is 0 Å². The van der Waals surface area contributed by atoms with E-state index in [1.165, 1.54) is 0 Å². The smallest absolute Gasteiger partial charge is 0.276 e. The molecule has 2 N–H and O–H groups in total. The molecule has 0 aliphatic carbocycles. The molecular weight excluding hydrogens is 230 g/mol. The molecule has 0 aromatic carbocycles. The number of rotatable bonds is 2. The molecule has 0 bridgehead atoms. The predicted octanol–water partition coefficient (Wildman–Crippen LogP) is 0.0244. The molecule has 2 heterocycles. The lowest BCUT2D eigenvalue weighted by Gasteiger charge is -2.22. The highest BCUT2D eigenvalue weighted by atomic mass is 16.2. The number of carbonyl (C=O) groups excluding carboxylic acids is 1. The molecule has 2 atom stereocenters. The molecule has 6 heteroatoms. The number of aromatic nitrogens is 2. The van der Waals surface area contributed by atoms with Crippen molar-refractivity contribution >= 4 is 11.6 Å². The second-order valence-electron chi connectivity index (χ2n) is 5.33. The van der Waals surface area contributed by atoms with Gasteiger partial charge in [-0.05, 0) is 20.0 Å². The zero-order valence-corrected chi connectivity index (χ0v) is 11.4. The lowest BCUT2D eigenvalue weighted by atomic mass is 10.1. The van der Waals surface area contributed by atoms with Crippen molar-refractivity contribution in [1.29, 1.82) is 0 Å². The summed E-state index contributed by atoms with van der Waals surface area (Å²) in [7, 11) is 5.86. The molecule has 1 fully saturated rings. The zero-order valence-electron chi connectivity index (χ0n) is 11.4. The average Bonchev–Trinajstić information content (AvgIpc) is 2.81. The van der Waals surface area contributed by atoms with Crippen LogP contribution in [0.1, 0.15) is 17.4 Å². The molecular formula is C12H21N5O. The summed E-state index contributed by atoms with van der Waals surface area (Å²) < 4.78 is 1.57. The number of likely N-dealkylation sites (tertiary alicyclic amines) is 1. The number of nitrogens with zero attached hydrogens (tertiary/aromatic N) is 4. The van der Waals surface area contributed by atoms with Gasteiger partial charge in [-0.15, -0.1) is 0 Å². The van der Waals surface area contributed by atoms with Gasteiger partial charge in [-0.2, -0.15) is 5.10 Å². The van der Waals surface area contributed by atoms with E-state index in [9.17, 15) is 4.79 Å². The minimum atomic E-state index is -0.0655. The van der Waals surface area contributed by atoms with E-state index in [0.717, 1.165) is 13.1 Å². The Balaban J connectivity index is 2.14. The van der Waals surface area contributed by atoms with Gasteiger partial charge < -0.3 is 15.5 Å². The monoisotopic (exact) mass is 251 g/mol. The summed E-state index contributed by atoms with van der Waals surface area (Å²) in [4.78, 5) is 16.4. The highest BCUT2D eigenvalue weighted by Crippen LogP contribution is 2.22. The molecule has 0 radical (unpaired) electrons. The molecule has 2 rings (SSSR count). The van der Waals surface area contributed by atoms with Crippen molar-refractivity contribution in [3.8, 4) is 0 Å². The van der Waals surface area contributed by atoms with Crippen LogP contribution in [0.15, 0.2) is 6.20 Å². The third kappa shape index (κ3) is 2.20. The summed E-state index contributed by atoms with van der Waals surface area (Å²) in [6.45, 7) is 3.67. The molecule has 0 spiro atoms. The first kappa shape index (κ1) is 12.9. The number of amides is 1. The molecule has 1 aliphatic heterocycles. The highest BCUT2D eigenvalue weighted by Gasteiger charge is 2.35. The Hall–Kier alpha value is -1.56. The Bertz CT molecular complexity index is 453. The zero-order chi connectivity index (χ0) is 13.4. The van der Waals surface area contributed by atoms with E-state index < -0.39 is 0 Å². The lowest BCUT2D eigenvalue weighted by molar-refractivity contribution is 0.0776. The molecule has 2 unspecified atom stereocenters. The standard InChI is InChI=1S/C12H21N5O/c1-8-5-17(7-10(8)15(2)3)12(18)11-9(13)6-16(4)14-11/h6,8,10H,5,7,13H2,1-4H3. The van der Waals surface area contributed by atoms with Crippen LogP contribution in [-0.2, 0) is 7.05 Å². The maximum absolute atomic E-state index is 12.3. The van der Waals surface area contributed by atoms with Crippen molar-refractivity contribution in [2.24, 2.45) is 13.0 Å². The maximum Gasteiger partial charge on any atom is 0.276 e. The highest BCUT2D eigenvalue weighted by molar-refractivity contribution is 5.97. The van der Waals surface area contributed by atoms with E-state index in [2.05, 4.69) is 16.9 Å². The predicted molar refractivity (Wildman–Crippen MR) is 70.2 cm³/mol. The summed E-state index contributed by atoms with van der Waals surface area (Å²) in [5, 5.41) is 4.14. The van der Waals surface area contributed by atoms with Gasteiger partial charge in [-0.1, -0.05) is 6.92 Å². The quantitative estimate of drug-likeness (QED) is 0.805. The topological polar surface area (TPSA) is 67.4 Å². The molecule has 1 aliphatic rings. The number of likely N-dealkylation sites (N-methyl/N-ethyl adjacent to an activating group) is 1. The summed E-state index contributed by atoms with van der Waals surface area (Å²) in [6, 6.07) is 0.402. The number of hydrogen-bond acceptors (Lipinski definition) is 4. The number of anilines is 1. The Morgan fingerprint density at radius 3 is 2.61 bits per heavy atom. The largest absolute Gasteiger partial charge is 0.396 e. The van der Waals surface area contributed by atoms with Gasteiger partial charge in [0.25, 0.3) is 5.91 Å². The van der Waals surface area contributed by atoms with Crippen molar-refractivity contribution in [2.75, 3.05) is 32.9 Å². The first-order valence-corrected chi connectivity index (χ1v) is 6.15. The lowest BCUT2D eigenvalue weighted by Crippen LogP contribution is -2.36. The average molecular weight is 251 g/mol. The number of hydrogen-bond donors (Lipinski definition) is 1. The number of nitrogen functional groups attached to an aromatic ring is 1. The minimum absolute atomic E-state index is 0.0655. The van der Waals surface area contributed by atoms with Crippen LogP contribution in [0, 0.1) is 5.92 Å². The van der Waals surface area contributed by atoms with Gasteiger partial charge in [-0.25, -0.2) is 0 Å². The molecule has 1 amide bonds. The molecule has 6 nitrogen and oxygen atoms in total. The second kappa shape index (κ2) is 4.61. The van der Waals surface area contributed by atoms with Gasteiger partial charge in [-0.3, -0.25) is 9.48 Å². The van der Waals surface area contributed by atoms with Crippen LogP contribution in [0.2, 0.25) is 0 Å². The van der Waals surface area contributed by atoms with Gasteiger partial charge in [0.2, 0.25) is 0 Å². The van der Waals surface area contributed by atoms with Crippen LogP contribution in [0.5, 0.6) is 0 Å². The van der Waals surface area contributed by atoms with Crippen LogP contribution in [0.25, 0.3) is 0 Å². The fourth-order valence-electron chi connectivity index (χ4n) is 2.61. The second-order valence-corrected chi connectivity index (χ2v) is 5.33. The van der Waals surface area contributed by atoms with Crippen LogP contribution < -0.4 is 5.73 Å². The molecule has 1 saturated heterocycles. The Morgan fingerprint density at radius 1 is 1.50 bits per heavy atom. The summed E-state index contributed by atoms with van der Waals surface area (Å²) >= 11 is 0. The molecule has 18 heavy (non-hydrogen) atoms. The summed E-state index contributed by atoms with van der Waals surface area (Å²) in [5.41, 5.74) is 6.61. The van der Waals surface area contributed by atoms with E-state index in [0.29, 0.717) is 23.3 Å². The SMILES string of the molecule is CC1CN(C(=O)c2nn(C)cc2N)CC1N(C)C. The normalized spacial score (nSPS) is 23.9. The fraction of sp³-hybridized carbons (Fsp3) is 0.667. The third-order valence-electron chi connectivity index (χ3n) is 3.58. The van der Waals surface area contributed by atoms with Crippen LogP contribution >= 0.6 is 0 Å². The summed E-state index contributed by atoms with van der Waals surface area (Å²) in [6.07, 6.45) is 1.66. The van der Waals surface area contributed by atoms with Crippen molar-refractivity contribution in [3.63, 3.8) is 0 Å². The maximum atomic E-state index is 12.3. The van der Waals surface area contributed by atoms with Gasteiger partial charge in [0.05, 0.1) is 5.69 Å². The van der Waals surface area contributed by atoms with Crippen molar-refractivity contribution in [3.05, 3.63) is 11.9 Å². The molecule has 1 aromatic heterocycles. The van der Waals surface area contributed by atoms with Crippen LogP contribution in [0.3, 0.4) is 0 Å². The number of carbonyl (C=O) groups is 1. The van der Waals surface area contributed by atoms with Crippen molar-refractivity contribution in [1.82, 2.24) is 19.6 Å². The molecule has 100 valence electrons. The Morgan fingerprint density at radius 2 is 2.17 bits per heavy atom. The molecule has 0 saturated carbocycles.